The van der Waals surface area contributed by atoms with Crippen molar-refractivity contribution in [3.63, 3.8) is 0 Å². The van der Waals surface area contributed by atoms with Crippen molar-refractivity contribution in [3.05, 3.63) is 21.4 Å². The molecule has 0 radical (unpaired) electrons. The summed E-state index contributed by atoms with van der Waals surface area (Å²) in [6.07, 6.45) is 4.92. The molecule has 114 valence electrons. The lowest BCUT2D eigenvalue weighted by molar-refractivity contribution is 0.0671. The number of fused-ring (bicyclic) bond motifs is 1. The molecule has 1 amide bonds. The summed E-state index contributed by atoms with van der Waals surface area (Å²) in [7, 11) is 0. The van der Waals surface area contributed by atoms with Crippen LogP contribution in [-0.4, -0.2) is 34.9 Å². The molecule has 0 aromatic carbocycles. The Morgan fingerprint density at radius 1 is 1.43 bits per heavy atom. The van der Waals surface area contributed by atoms with Crippen LogP contribution < -0.4 is 5.73 Å². The van der Waals surface area contributed by atoms with E-state index >= 15 is 0 Å². The summed E-state index contributed by atoms with van der Waals surface area (Å²) in [5.74, 6) is 0.403. The van der Waals surface area contributed by atoms with E-state index in [2.05, 4.69) is 11.2 Å². The number of likely N-dealkylation sites (tertiary alicyclic amines) is 1. The zero-order chi connectivity index (χ0) is 15.0. The van der Waals surface area contributed by atoms with Gasteiger partial charge in [0.2, 0.25) is 0 Å². The van der Waals surface area contributed by atoms with Crippen molar-refractivity contribution >= 4 is 23.1 Å². The Hall–Kier alpha value is -1.56. The molecule has 2 heterocycles. The minimum atomic E-state index is -0.303. The summed E-state index contributed by atoms with van der Waals surface area (Å²) in [5.41, 5.74) is 6.82. The molecule has 3 rings (SSSR count). The number of oxime groups is 1. The Bertz CT molecular complexity index is 564. The van der Waals surface area contributed by atoms with Crippen LogP contribution in [0.1, 0.15) is 46.3 Å². The van der Waals surface area contributed by atoms with Crippen molar-refractivity contribution in [3.8, 4) is 0 Å². The number of aryl methyl sites for hydroxylation is 2. The molecule has 0 unspecified atom stereocenters. The van der Waals surface area contributed by atoms with Crippen LogP contribution in [-0.2, 0) is 12.8 Å². The Morgan fingerprint density at radius 3 is 2.76 bits per heavy atom. The fourth-order valence-electron chi connectivity index (χ4n) is 3.17. The van der Waals surface area contributed by atoms with Crippen molar-refractivity contribution in [1.82, 2.24) is 4.90 Å². The second kappa shape index (κ2) is 5.33. The third-order valence-electron chi connectivity index (χ3n) is 4.84. The van der Waals surface area contributed by atoms with E-state index in [0.717, 1.165) is 30.6 Å². The molecule has 2 aliphatic rings. The average Bonchev–Trinajstić information content (AvgIpc) is 3.07. The standard InChI is InChI=1S/C15H21N3O2S/c1-15(14(16)17-20)5-7-18(8-6-15)13(19)12-9-10-3-2-4-11(10)21-12/h9,20H,2-8H2,1H3,(H2,16,17). The molecule has 1 fully saturated rings. The summed E-state index contributed by atoms with van der Waals surface area (Å²) in [5, 5.41) is 12.0. The molecule has 0 atom stereocenters. The molecule has 5 nitrogen and oxygen atoms in total. The summed E-state index contributed by atoms with van der Waals surface area (Å²) in [6, 6.07) is 2.08. The SMILES string of the molecule is CC1(C(N)=NO)CCN(C(=O)c2cc3c(s2)CCC3)CC1. The van der Waals surface area contributed by atoms with Gasteiger partial charge in [-0.1, -0.05) is 12.1 Å². The predicted molar refractivity (Wildman–Crippen MR) is 83.0 cm³/mol. The van der Waals surface area contributed by atoms with Crippen molar-refractivity contribution in [2.75, 3.05) is 13.1 Å². The lowest BCUT2D eigenvalue weighted by Gasteiger charge is -2.38. The van der Waals surface area contributed by atoms with Crippen LogP contribution in [0.4, 0.5) is 0 Å². The van der Waals surface area contributed by atoms with Gasteiger partial charge in [0.25, 0.3) is 5.91 Å². The first-order valence-electron chi connectivity index (χ1n) is 7.42. The van der Waals surface area contributed by atoms with Crippen molar-refractivity contribution in [2.24, 2.45) is 16.3 Å². The molecule has 6 heteroatoms. The number of rotatable bonds is 2. The summed E-state index contributed by atoms with van der Waals surface area (Å²) in [6.45, 7) is 3.31. The molecular formula is C15H21N3O2S. The molecule has 1 aromatic rings. The van der Waals surface area contributed by atoms with Crippen LogP contribution in [0.2, 0.25) is 0 Å². The van der Waals surface area contributed by atoms with Gasteiger partial charge in [-0.25, -0.2) is 0 Å². The van der Waals surface area contributed by atoms with Crippen molar-refractivity contribution in [1.29, 1.82) is 0 Å². The van der Waals surface area contributed by atoms with Crippen LogP contribution in [0.25, 0.3) is 0 Å². The van der Waals surface area contributed by atoms with Gasteiger partial charge in [0.15, 0.2) is 0 Å². The molecule has 3 N–H and O–H groups in total. The molecule has 1 aromatic heterocycles. The number of nitrogens with two attached hydrogens (primary N) is 1. The number of hydrogen-bond donors (Lipinski definition) is 2. The van der Waals surface area contributed by atoms with Crippen LogP contribution in [0.5, 0.6) is 0 Å². The van der Waals surface area contributed by atoms with Gasteiger partial charge in [0.1, 0.15) is 5.84 Å². The zero-order valence-electron chi connectivity index (χ0n) is 12.3. The maximum absolute atomic E-state index is 12.6. The molecule has 0 bridgehead atoms. The highest BCUT2D eigenvalue weighted by Crippen LogP contribution is 2.34. The number of piperidine rings is 1. The summed E-state index contributed by atoms with van der Waals surface area (Å²) in [4.78, 5) is 16.7. The Labute approximate surface area is 128 Å². The van der Waals surface area contributed by atoms with Crippen LogP contribution in [0.15, 0.2) is 11.2 Å². The highest BCUT2D eigenvalue weighted by molar-refractivity contribution is 7.14. The molecular weight excluding hydrogens is 286 g/mol. The smallest absolute Gasteiger partial charge is 0.263 e. The zero-order valence-corrected chi connectivity index (χ0v) is 13.1. The fraction of sp³-hybridized carbons (Fsp3) is 0.600. The van der Waals surface area contributed by atoms with E-state index in [1.807, 2.05) is 11.8 Å². The van der Waals surface area contributed by atoms with Gasteiger partial charge < -0.3 is 15.8 Å². The highest BCUT2D eigenvalue weighted by Gasteiger charge is 2.36. The summed E-state index contributed by atoms with van der Waals surface area (Å²) < 4.78 is 0. The van der Waals surface area contributed by atoms with Gasteiger partial charge in [-0.3, -0.25) is 4.79 Å². The molecule has 0 spiro atoms. The quantitative estimate of drug-likeness (QED) is 0.380. The second-order valence-electron chi connectivity index (χ2n) is 6.25. The topological polar surface area (TPSA) is 78.9 Å². The first-order chi connectivity index (χ1) is 10.0. The van der Waals surface area contributed by atoms with Gasteiger partial charge in [0.05, 0.1) is 4.88 Å². The lowest BCUT2D eigenvalue weighted by atomic mass is 9.79. The Kier molecular flexibility index (Phi) is 3.65. The predicted octanol–water partition coefficient (Wildman–Crippen LogP) is 2.23. The van der Waals surface area contributed by atoms with E-state index in [-0.39, 0.29) is 17.2 Å². The number of thiophene rings is 1. The molecule has 21 heavy (non-hydrogen) atoms. The van der Waals surface area contributed by atoms with Crippen LogP contribution >= 0.6 is 11.3 Å². The normalized spacial score (nSPS) is 21.4. The second-order valence-corrected chi connectivity index (χ2v) is 7.39. The maximum Gasteiger partial charge on any atom is 0.263 e. The number of amidine groups is 1. The van der Waals surface area contributed by atoms with Gasteiger partial charge in [0, 0.05) is 23.4 Å². The Balaban J connectivity index is 1.67. The average molecular weight is 307 g/mol. The third kappa shape index (κ3) is 2.52. The lowest BCUT2D eigenvalue weighted by Crippen LogP contribution is -2.47. The number of carbonyl (C=O) groups is 1. The molecule has 0 saturated carbocycles. The van der Waals surface area contributed by atoms with E-state index in [9.17, 15) is 4.79 Å². The number of nitrogens with zero attached hydrogens (tertiary/aromatic N) is 2. The van der Waals surface area contributed by atoms with Gasteiger partial charge >= 0.3 is 0 Å². The van der Waals surface area contributed by atoms with Crippen molar-refractivity contribution in [2.45, 2.75) is 39.0 Å². The monoisotopic (exact) mass is 307 g/mol. The minimum Gasteiger partial charge on any atom is -0.409 e. The Morgan fingerprint density at radius 2 is 2.14 bits per heavy atom. The van der Waals surface area contributed by atoms with E-state index < -0.39 is 0 Å². The van der Waals surface area contributed by atoms with E-state index in [1.165, 1.54) is 16.9 Å². The highest BCUT2D eigenvalue weighted by atomic mass is 32.1. The van der Waals surface area contributed by atoms with E-state index in [4.69, 9.17) is 10.9 Å². The summed E-state index contributed by atoms with van der Waals surface area (Å²) >= 11 is 1.65. The molecule has 1 aliphatic heterocycles. The number of amides is 1. The minimum absolute atomic E-state index is 0.135. The first kappa shape index (κ1) is 14.4. The van der Waals surface area contributed by atoms with Crippen molar-refractivity contribution < 1.29 is 10.0 Å². The number of hydrogen-bond acceptors (Lipinski definition) is 4. The number of carbonyl (C=O) groups excluding carboxylic acids is 1. The van der Waals surface area contributed by atoms with Gasteiger partial charge in [-0.2, -0.15) is 0 Å². The van der Waals surface area contributed by atoms with Crippen LogP contribution in [0, 0.1) is 5.41 Å². The maximum atomic E-state index is 12.6. The van der Waals surface area contributed by atoms with Gasteiger partial charge in [-0.05, 0) is 43.7 Å². The van der Waals surface area contributed by atoms with Crippen LogP contribution in [0.3, 0.4) is 0 Å². The first-order valence-corrected chi connectivity index (χ1v) is 8.24. The molecule has 1 aliphatic carbocycles. The van der Waals surface area contributed by atoms with E-state index in [0.29, 0.717) is 13.1 Å². The van der Waals surface area contributed by atoms with E-state index in [1.54, 1.807) is 11.3 Å². The van der Waals surface area contributed by atoms with Gasteiger partial charge in [-0.15, -0.1) is 11.3 Å². The fourth-order valence-corrected chi connectivity index (χ4v) is 4.39. The molecule has 1 saturated heterocycles. The largest absolute Gasteiger partial charge is 0.409 e. The third-order valence-corrected chi connectivity index (χ3v) is 6.06.